The van der Waals surface area contributed by atoms with Crippen LogP contribution in [0.15, 0.2) is 85.2 Å². The summed E-state index contributed by atoms with van der Waals surface area (Å²) in [6.07, 6.45) is 6.72. The summed E-state index contributed by atoms with van der Waals surface area (Å²) in [5.41, 5.74) is 2.61. The number of hydrogen-bond acceptors (Lipinski definition) is 6. The highest BCUT2D eigenvalue weighted by atomic mass is 16.3. The number of anilines is 2. The van der Waals surface area contributed by atoms with E-state index in [4.69, 9.17) is 0 Å². The van der Waals surface area contributed by atoms with Crippen molar-refractivity contribution in [3.8, 4) is 11.5 Å². The Kier molecular flexibility index (Phi) is 6.60. The lowest BCUT2D eigenvalue weighted by molar-refractivity contribution is 0.101. The quantitative estimate of drug-likeness (QED) is 0.318. The van der Waals surface area contributed by atoms with Gasteiger partial charge in [0.25, 0.3) is 11.8 Å². The van der Waals surface area contributed by atoms with Crippen LogP contribution in [0, 0.1) is 0 Å². The minimum atomic E-state index is -0.377. The molecule has 0 bridgehead atoms. The van der Waals surface area contributed by atoms with Gasteiger partial charge in [0, 0.05) is 23.5 Å². The number of nitrogens with zero attached hydrogens (tertiary/aromatic N) is 2. The number of amides is 2. The van der Waals surface area contributed by atoms with Crippen LogP contribution in [0.2, 0.25) is 0 Å². The number of aromatic hydroxyl groups is 2. The molecule has 34 heavy (non-hydrogen) atoms. The Bertz CT molecular complexity index is 1250. The summed E-state index contributed by atoms with van der Waals surface area (Å²) in [7, 11) is 0. The van der Waals surface area contributed by atoms with Crippen molar-refractivity contribution in [3.05, 3.63) is 107 Å². The van der Waals surface area contributed by atoms with E-state index in [9.17, 15) is 19.8 Å². The predicted molar refractivity (Wildman–Crippen MR) is 130 cm³/mol. The third-order valence-corrected chi connectivity index (χ3v) is 4.85. The molecule has 2 amide bonds. The summed E-state index contributed by atoms with van der Waals surface area (Å²) in [4.78, 5) is 32.6. The van der Waals surface area contributed by atoms with Gasteiger partial charge in [-0.15, -0.1) is 0 Å². The van der Waals surface area contributed by atoms with Gasteiger partial charge >= 0.3 is 0 Å². The van der Waals surface area contributed by atoms with Gasteiger partial charge in [0.05, 0.1) is 0 Å². The number of benzene rings is 2. The molecular weight excluding hydrogens is 432 g/mol. The molecular formula is C26H20N4O4. The van der Waals surface area contributed by atoms with E-state index in [2.05, 4.69) is 20.6 Å². The Labute approximate surface area is 195 Å². The van der Waals surface area contributed by atoms with E-state index in [-0.39, 0.29) is 34.9 Å². The van der Waals surface area contributed by atoms with Crippen LogP contribution in [-0.4, -0.2) is 32.0 Å². The molecule has 0 fully saturated rings. The smallest absolute Gasteiger partial charge is 0.256 e. The number of carbonyl (C=O) groups is 2. The molecule has 0 unspecified atom stereocenters. The van der Waals surface area contributed by atoms with Gasteiger partial charge in [-0.25, -0.2) is 9.97 Å². The third-order valence-electron chi connectivity index (χ3n) is 4.85. The maximum atomic E-state index is 12.3. The number of rotatable bonds is 6. The van der Waals surface area contributed by atoms with Gasteiger partial charge < -0.3 is 20.8 Å². The molecule has 8 nitrogen and oxygen atoms in total. The van der Waals surface area contributed by atoms with Crippen molar-refractivity contribution in [2.24, 2.45) is 0 Å². The lowest BCUT2D eigenvalue weighted by Crippen LogP contribution is -2.12. The van der Waals surface area contributed by atoms with Crippen LogP contribution in [0.25, 0.3) is 12.2 Å². The van der Waals surface area contributed by atoms with Crippen LogP contribution < -0.4 is 10.6 Å². The van der Waals surface area contributed by atoms with Gasteiger partial charge in [0.15, 0.2) is 23.1 Å². The van der Waals surface area contributed by atoms with Gasteiger partial charge in [0.2, 0.25) is 0 Å². The molecule has 8 heteroatoms. The lowest BCUT2D eigenvalue weighted by Gasteiger charge is -2.06. The first-order valence-electron chi connectivity index (χ1n) is 10.3. The van der Waals surface area contributed by atoms with E-state index >= 15 is 0 Å². The van der Waals surface area contributed by atoms with Crippen LogP contribution in [0.3, 0.4) is 0 Å². The van der Waals surface area contributed by atoms with Crippen LogP contribution in [-0.2, 0) is 0 Å². The molecule has 0 saturated carbocycles. The molecule has 2 heterocycles. The topological polar surface area (TPSA) is 124 Å². The van der Waals surface area contributed by atoms with Gasteiger partial charge in [0.1, 0.15) is 0 Å². The first kappa shape index (κ1) is 22.2. The van der Waals surface area contributed by atoms with Crippen molar-refractivity contribution < 1.29 is 19.8 Å². The van der Waals surface area contributed by atoms with Crippen molar-refractivity contribution in [1.82, 2.24) is 9.97 Å². The summed E-state index contributed by atoms with van der Waals surface area (Å²) in [6, 6.07) is 19.9. The van der Waals surface area contributed by atoms with Gasteiger partial charge in [-0.1, -0.05) is 36.4 Å². The van der Waals surface area contributed by atoms with Gasteiger partial charge in [-0.3, -0.25) is 9.59 Å². The second-order valence-electron chi connectivity index (χ2n) is 7.23. The fourth-order valence-corrected chi connectivity index (χ4v) is 3.03. The van der Waals surface area contributed by atoms with Crippen molar-refractivity contribution in [2.75, 3.05) is 10.6 Å². The standard InChI is InChI=1S/C26H20N4O4/c31-21-3-1-15-27-23(21)29-25(33)19-11-7-17(8-12-19)5-6-18-9-13-20(14-10-18)26(34)30-24-22(32)4-2-16-28-24/h1-16,31-32H,(H,27,29,33)(H,28,30,34). The molecule has 0 aliphatic heterocycles. The predicted octanol–water partition coefficient (Wildman–Crippen LogP) is 4.56. The Morgan fingerprint density at radius 1 is 0.618 bits per heavy atom. The van der Waals surface area contributed by atoms with Crippen molar-refractivity contribution >= 4 is 35.6 Å². The van der Waals surface area contributed by atoms with E-state index in [0.29, 0.717) is 11.1 Å². The molecule has 168 valence electrons. The summed E-state index contributed by atoms with van der Waals surface area (Å²) in [5.74, 6) is -0.756. The normalized spacial score (nSPS) is 10.7. The number of pyridine rings is 2. The highest BCUT2D eigenvalue weighted by molar-refractivity contribution is 6.05. The maximum Gasteiger partial charge on any atom is 0.256 e. The summed E-state index contributed by atoms with van der Waals surface area (Å²) in [5, 5.41) is 24.6. The molecule has 0 radical (unpaired) electrons. The first-order chi connectivity index (χ1) is 16.5. The summed E-state index contributed by atoms with van der Waals surface area (Å²) < 4.78 is 0. The average molecular weight is 452 g/mol. The molecule has 0 saturated heterocycles. The molecule has 0 atom stereocenters. The molecule has 0 aliphatic carbocycles. The minimum absolute atomic E-state index is 0.102. The second kappa shape index (κ2) is 10.1. The second-order valence-corrected chi connectivity index (χ2v) is 7.23. The van der Waals surface area contributed by atoms with E-state index in [0.717, 1.165) is 11.1 Å². The van der Waals surface area contributed by atoms with Crippen LogP contribution >= 0.6 is 0 Å². The van der Waals surface area contributed by atoms with Crippen molar-refractivity contribution in [3.63, 3.8) is 0 Å². The Morgan fingerprint density at radius 2 is 1.00 bits per heavy atom. The van der Waals surface area contributed by atoms with Gasteiger partial charge in [-0.05, 0) is 59.7 Å². The highest BCUT2D eigenvalue weighted by Crippen LogP contribution is 2.20. The molecule has 4 aromatic rings. The number of nitrogens with one attached hydrogen (secondary N) is 2. The van der Waals surface area contributed by atoms with E-state index < -0.39 is 0 Å². The maximum absolute atomic E-state index is 12.3. The number of aromatic nitrogens is 2. The van der Waals surface area contributed by atoms with E-state index in [1.807, 2.05) is 12.2 Å². The van der Waals surface area contributed by atoms with E-state index in [1.54, 1.807) is 60.7 Å². The lowest BCUT2D eigenvalue weighted by atomic mass is 10.1. The summed E-state index contributed by atoms with van der Waals surface area (Å²) in [6.45, 7) is 0. The van der Waals surface area contributed by atoms with Crippen molar-refractivity contribution in [1.29, 1.82) is 0 Å². The van der Waals surface area contributed by atoms with Crippen LogP contribution in [0.4, 0.5) is 11.6 Å². The van der Waals surface area contributed by atoms with Gasteiger partial charge in [-0.2, -0.15) is 0 Å². The molecule has 4 N–H and O–H groups in total. The fourth-order valence-electron chi connectivity index (χ4n) is 3.03. The van der Waals surface area contributed by atoms with Crippen molar-refractivity contribution in [2.45, 2.75) is 0 Å². The largest absolute Gasteiger partial charge is 0.504 e. The average Bonchev–Trinajstić information content (AvgIpc) is 2.86. The SMILES string of the molecule is O=C(Nc1ncccc1O)c1ccc(C=Cc2ccc(C(=O)Nc3ncccc3O)cc2)cc1. The minimum Gasteiger partial charge on any atom is -0.504 e. The monoisotopic (exact) mass is 452 g/mol. The zero-order valence-corrected chi connectivity index (χ0v) is 17.8. The zero-order valence-electron chi connectivity index (χ0n) is 17.8. The van der Waals surface area contributed by atoms with Crippen LogP contribution in [0.5, 0.6) is 11.5 Å². The Balaban J connectivity index is 1.37. The molecule has 0 spiro atoms. The third kappa shape index (κ3) is 5.43. The molecule has 0 aliphatic rings. The Morgan fingerprint density at radius 3 is 1.35 bits per heavy atom. The molecule has 2 aromatic heterocycles. The zero-order chi connectivity index (χ0) is 23.9. The van der Waals surface area contributed by atoms with E-state index in [1.165, 1.54) is 24.5 Å². The molecule has 2 aromatic carbocycles. The first-order valence-corrected chi connectivity index (χ1v) is 10.3. The summed E-state index contributed by atoms with van der Waals surface area (Å²) >= 11 is 0. The number of carbonyl (C=O) groups excluding carboxylic acids is 2. The molecule has 4 rings (SSSR count). The highest BCUT2D eigenvalue weighted by Gasteiger charge is 2.10. The number of hydrogen-bond donors (Lipinski definition) is 4. The van der Waals surface area contributed by atoms with Crippen LogP contribution in [0.1, 0.15) is 31.8 Å². The fraction of sp³-hybridized carbons (Fsp3) is 0. The Hall–Kier alpha value is -4.98.